The predicted molar refractivity (Wildman–Crippen MR) is 135 cm³/mol. The zero-order chi connectivity index (χ0) is 26.3. The van der Waals surface area contributed by atoms with Gasteiger partial charge in [0.05, 0.1) is 23.7 Å². The first-order valence-electron chi connectivity index (χ1n) is 12.1. The van der Waals surface area contributed by atoms with Gasteiger partial charge in [-0.3, -0.25) is 4.79 Å². The van der Waals surface area contributed by atoms with Crippen LogP contribution >= 0.6 is 0 Å². The first-order chi connectivity index (χ1) is 17.6. The fourth-order valence-corrected chi connectivity index (χ4v) is 4.61. The molecule has 1 aromatic carbocycles. The van der Waals surface area contributed by atoms with E-state index in [1.165, 1.54) is 4.52 Å². The average molecular weight is 506 g/mol. The lowest BCUT2D eigenvalue weighted by Gasteiger charge is -2.33. The summed E-state index contributed by atoms with van der Waals surface area (Å²) in [6.07, 6.45) is 4.48. The van der Waals surface area contributed by atoms with Crippen molar-refractivity contribution in [1.29, 1.82) is 0 Å². The number of likely N-dealkylation sites (tertiary alicyclic amines) is 1. The van der Waals surface area contributed by atoms with E-state index in [4.69, 9.17) is 4.74 Å². The van der Waals surface area contributed by atoms with Crippen molar-refractivity contribution in [3.05, 3.63) is 59.3 Å². The van der Waals surface area contributed by atoms with Gasteiger partial charge in [-0.2, -0.15) is 5.10 Å². The summed E-state index contributed by atoms with van der Waals surface area (Å²) in [6.45, 7) is 8.42. The fraction of sp³-hybridized carbons (Fsp3) is 0.385. The second kappa shape index (κ2) is 9.38. The van der Waals surface area contributed by atoms with Crippen molar-refractivity contribution < 1.29 is 18.7 Å². The van der Waals surface area contributed by atoms with E-state index in [1.54, 1.807) is 36.4 Å². The SMILES string of the molecule is Cc1cn2nc(NC(=O)c3cccc4c(C5CCN(C(=O)OC(C)(C)C)CC5)cnnc34)cc(F)c2n1. The molecule has 3 aromatic heterocycles. The number of imidazole rings is 1. The van der Waals surface area contributed by atoms with Gasteiger partial charge >= 0.3 is 6.09 Å². The number of benzene rings is 1. The minimum atomic E-state index is -0.587. The van der Waals surface area contributed by atoms with Crippen LogP contribution in [-0.2, 0) is 4.74 Å². The molecule has 0 atom stereocenters. The number of amides is 2. The summed E-state index contributed by atoms with van der Waals surface area (Å²) >= 11 is 0. The molecular formula is C26H28FN7O3. The number of hydrogen-bond donors (Lipinski definition) is 1. The van der Waals surface area contributed by atoms with Crippen LogP contribution in [0, 0.1) is 12.7 Å². The van der Waals surface area contributed by atoms with Crippen molar-refractivity contribution in [1.82, 2.24) is 29.7 Å². The third-order valence-electron chi connectivity index (χ3n) is 6.28. The van der Waals surface area contributed by atoms with E-state index in [-0.39, 0.29) is 23.5 Å². The second-order valence-electron chi connectivity index (χ2n) is 10.2. The highest BCUT2D eigenvalue weighted by molar-refractivity contribution is 6.11. The first kappa shape index (κ1) is 24.5. The molecule has 10 nitrogen and oxygen atoms in total. The molecule has 11 heteroatoms. The molecule has 37 heavy (non-hydrogen) atoms. The van der Waals surface area contributed by atoms with Gasteiger partial charge < -0.3 is 15.0 Å². The zero-order valence-corrected chi connectivity index (χ0v) is 21.2. The third kappa shape index (κ3) is 5.07. The molecule has 1 fully saturated rings. The number of nitrogens with zero attached hydrogens (tertiary/aromatic N) is 6. The smallest absolute Gasteiger partial charge is 0.410 e. The van der Waals surface area contributed by atoms with Crippen molar-refractivity contribution >= 4 is 34.4 Å². The number of rotatable bonds is 3. The fourth-order valence-electron chi connectivity index (χ4n) is 4.61. The number of aromatic nitrogens is 5. The molecule has 0 saturated carbocycles. The molecule has 4 aromatic rings. The molecule has 0 bridgehead atoms. The van der Waals surface area contributed by atoms with Gasteiger partial charge in [0.2, 0.25) is 0 Å². The summed E-state index contributed by atoms with van der Waals surface area (Å²) in [7, 11) is 0. The van der Waals surface area contributed by atoms with Crippen LogP contribution in [0.25, 0.3) is 16.6 Å². The number of nitrogens with one attached hydrogen (secondary N) is 1. The number of ether oxygens (including phenoxy) is 1. The number of hydrogen-bond acceptors (Lipinski definition) is 7. The van der Waals surface area contributed by atoms with Crippen LogP contribution in [-0.4, -0.2) is 60.4 Å². The van der Waals surface area contributed by atoms with Crippen LogP contribution in [0.1, 0.15) is 61.1 Å². The van der Waals surface area contributed by atoms with Gasteiger partial charge in [-0.25, -0.2) is 18.7 Å². The molecular weight excluding hydrogens is 477 g/mol. The second-order valence-corrected chi connectivity index (χ2v) is 10.2. The Morgan fingerprint density at radius 2 is 1.95 bits per heavy atom. The van der Waals surface area contributed by atoms with E-state index >= 15 is 0 Å². The first-order valence-corrected chi connectivity index (χ1v) is 12.1. The monoisotopic (exact) mass is 505 g/mol. The predicted octanol–water partition coefficient (Wildman–Crippen LogP) is 4.49. The van der Waals surface area contributed by atoms with E-state index in [0.717, 1.165) is 29.9 Å². The van der Waals surface area contributed by atoms with Gasteiger partial charge in [0.1, 0.15) is 11.1 Å². The molecule has 1 saturated heterocycles. The molecule has 0 radical (unpaired) electrons. The topological polar surface area (TPSA) is 115 Å². The van der Waals surface area contributed by atoms with Crippen LogP contribution < -0.4 is 5.32 Å². The van der Waals surface area contributed by atoms with E-state index in [9.17, 15) is 14.0 Å². The van der Waals surface area contributed by atoms with Crippen LogP contribution in [0.5, 0.6) is 0 Å². The lowest BCUT2D eigenvalue weighted by molar-refractivity contribution is 0.0205. The minimum Gasteiger partial charge on any atom is -0.444 e. The van der Waals surface area contributed by atoms with Crippen molar-refractivity contribution in [2.24, 2.45) is 0 Å². The standard InChI is InChI=1S/C26H28FN7O3/c1-15-14-34-23(29-15)20(27)12-21(32-34)30-24(35)18-7-5-6-17-19(13-28-31-22(17)18)16-8-10-33(11-9-16)25(36)37-26(2,3)4/h5-7,12-14,16H,8-11H2,1-4H3,(H,30,32,35). The maximum absolute atomic E-state index is 14.5. The zero-order valence-electron chi connectivity index (χ0n) is 21.2. The summed E-state index contributed by atoms with van der Waals surface area (Å²) in [5.41, 5.74) is 1.90. The number of piperidine rings is 1. The number of carbonyl (C=O) groups excluding carboxylic acids is 2. The van der Waals surface area contributed by atoms with Crippen LogP contribution in [0.4, 0.5) is 15.0 Å². The van der Waals surface area contributed by atoms with Crippen molar-refractivity contribution in [2.45, 2.75) is 52.1 Å². The number of carbonyl (C=O) groups is 2. The Morgan fingerprint density at radius 1 is 1.19 bits per heavy atom. The number of halogens is 1. The summed E-state index contributed by atoms with van der Waals surface area (Å²) in [5, 5.41) is 16.1. The maximum Gasteiger partial charge on any atom is 0.410 e. The minimum absolute atomic E-state index is 0.0584. The Hall–Kier alpha value is -4.15. The van der Waals surface area contributed by atoms with Gasteiger partial charge in [-0.1, -0.05) is 12.1 Å². The molecule has 0 aliphatic carbocycles. The molecule has 192 valence electrons. The van der Waals surface area contributed by atoms with Gasteiger partial charge in [0, 0.05) is 24.5 Å². The Bertz CT molecular complexity index is 1500. The number of aryl methyl sites for hydroxylation is 1. The lowest BCUT2D eigenvalue weighted by atomic mass is 9.88. The number of fused-ring (bicyclic) bond motifs is 2. The summed E-state index contributed by atoms with van der Waals surface area (Å²) < 4.78 is 21.2. The van der Waals surface area contributed by atoms with Gasteiger partial charge in [-0.05, 0) is 58.1 Å². The molecule has 0 unspecified atom stereocenters. The van der Waals surface area contributed by atoms with E-state index in [2.05, 4.69) is 25.6 Å². The van der Waals surface area contributed by atoms with Crippen molar-refractivity contribution in [3.8, 4) is 0 Å². The molecule has 5 rings (SSSR count). The summed E-state index contributed by atoms with van der Waals surface area (Å²) in [6, 6.07) is 6.49. The summed E-state index contributed by atoms with van der Waals surface area (Å²) in [4.78, 5) is 31.4. The van der Waals surface area contributed by atoms with E-state index in [1.807, 2.05) is 26.8 Å². The molecule has 1 aliphatic rings. The molecule has 1 N–H and O–H groups in total. The highest BCUT2D eigenvalue weighted by Gasteiger charge is 2.29. The molecule has 4 heterocycles. The average Bonchev–Trinajstić information content (AvgIpc) is 3.23. The van der Waals surface area contributed by atoms with Crippen molar-refractivity contribution in [2.75, 3.05) is 18.4 Å². The lowest BCUT2D eigenvalue weighted by Crippen LogP contribution is -2.41. The van der Waals surface area contributed by atoms with Crippen LogP contribution in [0.2, 0.25) is 0 Å². The summed E-state index contributed by atoms with van der Waals surface area (Å²) in [5.74, 6) is -0.850. The normalized spacial score (nSPS) is 14.8. The Balaban J connectivity index is 1.37. The highest BCUT2D eigenvalue weighted by Crippen LogP contribution is 2.33. The maximum atomic E-state index is 14.5. The quantitative estimate of drug-likeness (QED) is 0.436. The van der Waals surface area contributed by atoms with E-state index in [0.29, 0.717) is 29.9 Å². The van der Waals surface area contributed by atoms with Gasteiger partial charge in [-0.15, -0.1) is 10.2 Å². The van der Waals surface area contributed by atoms with Crippen LogP contribution in [0.3, 0.4) is 0 Å². The highest BCUT2D eigenvalue weighted by atomic mass is 19.1. The molecule has 1 aliphatic heterocycles. The van der Waals surface area contributed by atoms with E-state index < -0.39 is 17.3 Å². The van der Waals surface area contributed by atoms with Crippen LogP contribution in [0.15, 0.2) is 36.7 Å². The third-order valence-corrected chi connectivity index (χ3v) is 6.28. The Kier molecular flexibility index (Phi) is 6.22. The molecule has 0 spiro atoms. The Labute approximate surface area is 212 Å². The number of anilines is 1. The Morgan fingerprint density at radius 3 is 2.68 bits per heavy atom. The van der Waals surface area contributed by atoms with Gasteiger partial charge in [0.25, 0.3) is 5.91 Å². The largest absolute Gasteiger partial charge is 0.444 e. The van der Waals surface area contributed by atoms with Gasteiger partial charge in [0.15, 0.2) is 17.3 Å². The molecule has 2 amide bonds. The van der Waals surface area contributed by atoms with Crippen molar-refractivity contribution in [3.63, 3.8) is 0 Å².